The van der Waals surface area contributed by atoms with Gasteiger partial charge in [0.25, 0.3) is 0 Å². The molecule has 0 fully saturated rings. The fraction of sp³-hybridized carbons (Fsp3) is 0. The van der Waals surface area contributed by atoms with Gasteiger partial charge in [-0.25, -0.2) is 5.84 Å². The van der Waals surface area contributed by atoms with Crippen molar-refractivity contribution in [2.45, 2.75) is 0 Å². The standard InChI is InChI=1S/ClH3N2O4.Na.H/c2-3-7-1(4,5)6;;/h3H,2H2;;/q;+1;-1. The first kappa shape index (κ1) is 11.8. The molecule has 46 valence electrons. The normalized spacial score (nSPS) is 10.5. The summed E-state index contributed by atoms with van der Waals surface area (Å²) in [7, 11) is -4.42. The molecular weight excluding hydrogens is 150 g/mol. The number of hydrogen-bond donors (Lipinski definition) is 2. The molecule has 0 amide bonds. The molecule has 0 aliphatic rings. The zero-order valence-corrected chi connectivity index (χ0v) is 6.84. The second kappa shape index (κ2) is 4.89. The Morgan fingerprint density at radius 2 is 1.88 bits per heavy atom. The Hall–Kier alpha value is 1.05. The molecule has 0 saturated heterocycles. The molecule has 0 rings (SSSR count). The third kappa shape index (κ3) is 10.1. The van der Waals surface area contributed by atoms with Crippen molar-refractivity contribution in [3.63, 3.8) is 0 Å². The predicted molar refractivity (Wildman–Crippen MR) is 9.52 cm³/mol. The summed E-state index contributed by atoms with van der Waals surface area (Å²) in [6.45, 7) is 0. The van der Waals surface area contributed by atoms with E-state index in [1.807, 2.05) is 0 Å². The van der Waals surface area contributed by atoms with Gasteiger partial charge in [-0.15, -0.1) is 0 Å². The molecule has 0 aromatic rings. The Bertz CT molecular complexity index is 57.0. The van der Waals surface area contributed by atoms with Crippen LogP contribution in [0.4, 0.5) is 0 Å². The van der Waals surface area contributed by atoms with Crippen molar-refractivity contribution in [2.24, 2.45) is 5.84 Å². The van der Waals surface area contributed by atoms with Crippen molar-refractivity contribution in [1.29, 1.82) is 0 Å². The quantitative estimate of drug-likeness (QED) is 0.232. The summed E-state index contributed by atoms with van der Waals surface area (Å²) in [4.78, 5) is 0. The summed E-state index contributed by atoms with van der Waals surface area (Å²) in [5, 5.41) is 0. The van der Waals surface area contributed by atoms with Crippen LogP contribution in [0.1, 0.15) is 1.43 Å². The van der Waals surface area contributed by atoms with Gasteiger partial charge < -0.3 is 1.43 Å². The van der Waals surface area contributed by atoms with Crippen LogP contribution in [-0.4, -0.2) is 0 Å². The first-order valence-electron chi connectivity index (χ1n) is 1.11. The Balaban J connectivity index is -0.000000180. The summed E-state index contributed by atoms with van der Waals surface area (Å²) >= 11 is 0. The smallest absolute Gasteiger partial charge is 1.00 e. The number of nitrogens with one attached hydrogen (secondary N) is 1. The molecule has 0 heterocycles. The van der Waals surface area contributed by atoms with Gasteiger partial charge in [0, 0.05) is 5.59 Å². The zero-order chi connectivity index (χ0) is 5.91. The van der Waals surface area contributed by atoms with Crippen LogP contribution < -0.4 is 55.0 Å². The summed E-state index contributed by atoms with van der Waals surface area (Å²) in [6, 6.07) is 0. The molecule has 0 aromatic heterocycles. The Labute approximate surface area is 71.0 Å². The molecule has 0 saturated carbocycles. The van der Waals surface area contributed by atoms with E-state index >= 15 is 0 Å². The van der Waals surface area contributed by atoms with E-state index in [4.69, 9.17) is 0 Å². The topological polar surface area (TPSA) is 116 Å². The minimum absolute atomic E-state index is 0. The molecule has 8 heavy (non-hydrogen) atoms. The van der Waals surface area contributed by atoms with Gasteiger partial charge in [-0.3, -0.25) is 0 Å². The SMILES string of the molecule is NNO[Cl+3]([O-])([O-])[O-].[H-].[Na+]. The van der Waals surface area contributed by atoms with E-state index in [2.05, 4.69) is 10.2 Å². The Morgan fingerprint density at radius 3 is 1.88 bits per heavy atom. The largest absolute Gasteiger partial charge is 1.00 e. The number of hydrogen-bond acceptors (Lipinski definition) is 6. The monoisotopic (exact) mass is 154 g/mol. The molecular formula is H4ClN2NaO4. The van der Waals surface area contributed by atoms with Gasteiger partial charge in [-0.1, -0.05) is 0 Å². The van der Waals surface area contributed by atoms with E-state index < -0.39 is 10.2 Å². The van der Waals surface area contributed by atoms with Crippen LogP contribution in [0.5, 0.6) is 0 Å². The second-order valence-corrected chi connectivity index (χ2v) is 1.48. The second-order valence-electron chi connectivity index (χ2n) is 0.573. The van der Waals surface area contributed by atoms with Gasteiger partial charge in [-0.2, -0.15) is 14.0 Å². The van der Waals surface area contributed by atoms with Gasteiger partial charge in [0.15, 0.2) is 4.39 Å². The van der Waals surface area contributed by atoms with E-state index in [1.165, 1.54) is 5.59 Å². The van der Waals surface area contributed by atoms with Crippen molar-refractivity contribution in [3.05, 3.63) is 0 Å². The van der Waals surface area contributed by atoms with Crippen molar-refractivity contribution < 1.29 is 59.6 Å². The fourth-order valence-corrected chi connectivity index (χ4v) is 0.164. The molecule has 0 aromatic carbocycles. The van der Waals surface area contributed by atoms with Crippen LogP contribution in [0.25, 0.3) is 0 Å². The van der Waals surface area contributed by atoms with Crippen LogP contribution in [0.3, 0.4) is 0 Å². The number of rotatable bonds is 2. The van der Waals surface area contributed by atoms with Crippen LogP contribution in [0, 0.1) is 10.2 Å². The fourth-order valence-electron chi connectivity index (χ4n) is 0.0546. The molecule has 0 aliphatic carbocycles. The maximum absolute atomic E-state index is 9.28. The summed E-state index contributed by atoms with van der Waals surface area (Å²) in [5.74, 6) is 4.26. The minimum atomic E-state index is -4.42. The Morgan fingerprint density at radius 1 is 1.50 bits per heavy atom. The minimum Gasteiger partial charge on any atom is -1.00 e. The first-order valence-corrected chi connectivity index (χ1v) is 2.34. The molecule has 0 spiro atoms. The van der Waals surface area contributed by atoms with Gasteiger partial charge in [0.05, 0.1) is 0 Å². The number of halogens is 1. The van der Waals surface area contributed by atoms with Crippen LogP contribution in [-0.2, 0) is 4.39 Å². The maximum Gasteiger partial charge on any atom is 1.00 e. The van der Waals surface area contributed by atoms with Gasteiger partial charge in [0.1, 0.15) is 10.2 Å². The van der Waals surface area contributed by atoms with E-state index in [0.29, 0.717) is 0 Å². The van der Waals surface area contributed by atoms with Crippen LogP contribution in [0.15, 0.2) is 0 Å². The van der Waals surface area contributed by atoms with Gasteiger partial charge >= 0.3 is 29.6 Å². The molecule has 0 unspecified atom stereocenters. The molecule has 8 heteroatoms. The van der Waals surface area contributed by atoms with E-state index in [-0.39, 0.29) is 31.0 Å². The van der Waals surface area contributed by atoms with Crippen molar-refractivity contribution >= 4 is 0 Å². The number of nitrogens with two attached hydrogens (primary N) is 1. The third-order valence-corrected chi connectivity index (χ3v) is 0.417. The van der Waals surface area contributed by atoms with E-state index in [0.717, 1.165) is 0 Å². The summed E-state index contributed by atoms with van der Waals surface area (Å²) < 4.78 is 31.0. The van der Waals surface area contributed by atoms with Gasteiger partial charge in [0.2, 0.25) is 0 Å². The summed E-state index contributed by atoms with van der Waals surface area (Å²) in [6.07, 6.45) is 0. The van der Waals surface area contributed by atoms with Crippen LogP contribution in [0.2, 0.25) is 0 Å². The first-order chi connectivity index (χ1) is 3.06. The van der Waals surface area contributed by atoms with Gasteiger partial charge in [-0.05, 0) is 0 Å². The molecule has 0 aliphatic heterocycles. The average Bonchev–Trinajstić information content (AvgIpc) is 1.30. The maximum atomic E-state index is 9.28. The van der Waals surface area contributed by atoms with Crippen molar-refractivity contribution in [1.82, 2.24) is 5.59 Å². The van der Waals surface area contributed by atoms with E-state index in [1.54, 1.807) is 0 Å². The predicted octanol–water partition coefficient (Wildman–Crippen LogP) is -7.60. The Kier molecular flexibility index (Phi) is 7.21. The molecule has 0 bridgehead atoms. The molecule has 0 radical (unpaired) electrons. The van der Waals surface area contributed by atoms with Crippen molar-refractivity contribution in [3.8, 4) is 0 Å². The third-order valence-electron chi connectivity index (χ3n) is 0.139. The van der Waals surface area contributed by atoms with Crippen molar-refractivity contribution in [2.75, 3.05) is 0 Å². The molecule has 6 nitrogen and oxygen atoms in total. The molecule has 3 N–H and O–H groups in total. The summed E-state index contributed by atoms with van der Waals surface area (Å²) in [5.41, 5.74) is 1.19. The molecule has 0 atom stereocenters. The number of hydrazine groups is 1. The van der Waals surface area contributed by atoms with E-state index in [9.17, 15) is 14.0 Å². The zero-order valence-electron chi connectivity index (χ0n) is 5.09. The van der Waals surface area contributed by atoms with Crippen LogP contribution >= 0.6 is 0 Å². The average molecular weight is 154 g/mol.